The summed E-state index contributed by atoms with van der Waals surface area (Å²) in [6, 6.07) is 18.0. The van der Waals surface area contributed by atoms with Gasteiger partial charge in [-0.05, 0) is 78.0 Å². The van der Waals surface area contributed by atoms with Crippen molar-refractivity contribution in [3.05, 3.63) is 91.5 Å². The topological polar surface area (TPSA) is 68.3 Å². The third-order valence-corrected chi connectivity index (χ3v) is 7.49. The van der Waals surface area contributed by atoms with Gasteiger partial charge in [-0.2, -0.15) is 0 Å². The Morgan fingerprint density at radius 3 is 2.34 bits per heavy atom. The van der Waals surface area contributed by atoms with Crippen molar-refractivity contribution >= 4 is 84.4 Å². The van der Waals surface area contributed by atoms with E-state index in [0.29, 0.717) is 38.9 Å². The molecule has 11 heteroatoms. The van der Waals surface area contributed by atoms with Crippen LogP contribution in [0.15, 0.2) is 75.3 Å². The van der Waals surface area contributed by atoms with E-state index < -0.39 is 11.9 Å². The lowest BCUT2D eigenvalue weighted by Gasteiger charge is -2.19. The smallest absolute Gasteiger partial charge is 0.325 e. The van der Waals surface area contributed by atoms with E-state index in [2.05, 4.69) is 31.9 Å². The van der Waals surface area contributed by atoms with Crippen LogP contribution in [0.2, 0.25) is 5.02 Å². The van der Waals surface area contributed by atoms with E-state index in [0.717, 1.165) is 10.0 Å². The number of carbonyl (C=O) groups excluding carboxylic acids is 2. The lowest BCUT2D eigenvalue weighted by Crippen LogP contribution is -2.35. The van der Waals surface area contributed by atoms with Gasteiger partial charge < -0.3 is 19.1 Å². The molecule has 1 fully saturated rings. The molecule has 196 valence electrons. The summed E-state index contributed by atoms with van der Waals surface area (Å²) in [6.07, 6.45) is 1.64. The summed E-state index contributed by atoms with van der Waals surface area (Å²) in [5.74, 6) is 0.0474. The van der Waals surface area contributed by atoms with Crippen molar-refractivity contribution in [1.82, 2.24) is 4.90 Å². The first-order valence-electron chi connectivity index (χ1n) is 11.2. The molecule has 1 saturated heterocycles. The van der Waals surface area contributed by atoms with Crippen LogP contribution in [0.1, 0.15) is 11.1 Å². The van der Waals surface area contributed by atoms with Gasteiger partial charge in [0.2, 0.25) is 0 Å². The Balaban J connectivity index is 1.69. The minimum absolute atomic E-state index is 0.145. The van der Waals surface area contributed by atoms with Crippen LogP contribution in [-0.4, -0.2) is 42.7 Å². The van der Waals surface area contributed by atoms with Gasteiger partial charge in [-0.3, -0.25) is 14.5 Å². The molecule has 0 aromatic heterocycles. The normalized spacial score (nSPS) is 14.3. The molecule has 0 saturated carbocycles. The van der Waals surface area contributed by atoms with E-state index in [9.17, 15) is 9.59 Å². The van der Waals surface area contributed by atoms with Gasteiger partial charge in [-0.15, -0.1) is 0 Å². The highest BCUT2D eigenvalue weighted by molar-refractivity contribution is 9.10. The van der Waals surface area contributed by atoms with Gasteiger partial charge in [0.1, 0.15) is 18.8 Å². The van der Waals surface area contributed by atoms with Gasteiger partial charge in [0.25, 0.3) is 5.91 Å². The van der Waals surface area contributed by atoms with Gasteiger partial charge in [-0.1, -0.05) is 55.6 Å². The summed E-state index contributed by atoms with van der Waals surface area (Å²) in [7, 11) is 2.81. The number of benzene rings is 3. The third kappa shape index (κ3) is 6.20. The highest BCUT2D eigenvalue weighted by Crippen LogP contribution is 2.37. The summed E-state index contributed by atoms with van der Waals surface area (Å²) < 4.78 is 18.0. The Morgan fingerprint density at radius 2 is 1.71 bits per heavy atom. The van der Waals surface area contributed by atoms with Gasteiger partial charge in [-0.25, -0.2) is 0 Å². The Labute approximate surface area is 247 Å². The second-order valence-electron chi connectivity index (χ2n) is 8.03. The van der Waals surface area contributed by atoms with Crippen LogP contribution in [0.4, 0.5) is 5.69 Å². The number of halogens is 3. The van der Waals surface area contributed by atoms with Crippen molar-refractivity contribution in [2.24, 2.45) is 0 Å². The SMILES string of the molecule is COC(=O)CN1C(=S)N(c2ccc(Cl)cc2)C(=O)/C1=C/c1cc(OC)c(OCc2ccc(Br)cc2)cc1Br. The molecule has 1 amide bonds. The minimum atomic E-state index is -0.544. The molecule has 0 unspecified atom stereocenters. The molecule has 1 heterocycles. The maximum Gasteiger partial charge on any atom is 0.325 e. The molecule has 3 aromatic carbocycles. The lowest BCUT2D eigenvalue weighted by atomic mass is 10.1. The van der Waals surface area contributed by atoms with E-state index in [1.54, 1.807) is 42.5 Å². The fraction of sp³-hybridized carbons (Fsp3) is 0.148. The number of rotatable bonds is 8. The number of hydrogen-bond donors (Lipinski definition) is 0. The summed E-state index contributed by atoms with van der Waals surface area (Å²) in [5, 5.41) is 0.665. The quantitative estimate of drug-likeness (QED) is 0.151. The lowest BCUT2D eigenvalue weighted by molar-refractivity contribution is -0.140. The number of anilines is 1. The second-order valence-corrected chi connectivity index (χ2v) is 10.6. The molecular weight excluding hydrogens is 660 g/mol. The van der Waals surface area contributed by atoms with Gasteiger partial charge in [0.05, 0.1) is 19.9 Å². The minimum Gasteiger partial charge on any atom is -0.493 e. The molecule has 0 aliphatic carbocycles. The van der Waals surface area contributed by atoms with Crippen molar-refractivity contribution in [2.75, 3.05) is 25.7 Å². The standard InChI is InChI=1S/C27H21Br2ClN2O5S/c1-35-23-12-17(21(29)13-24(23)37-15-16-3-5-18(28)6-4-16)11-22-26(34)32(20-9-7-19(30)8-10-20)27(38)31(22)14-25(33)36-2/h3-13H,14-15H2,1-2H3/b22-11-. The van der Waals surface area contributed by atoms with E-state index >= 15 is 0 Å². The number of methoxy groups -OCH3 is 2. The van der Waals surface area contributed by atoms with Crippen LogP contribution in [0.25, 0.3) is 6.08 Å². The first-order chi connectivity index (χ1) is 18.2. The summed E-state index contributed by atoms with van der Waals surface area (Å²) in [5.41, 5.74) is 2.33. The summed E-state index contributed by atoms with van der Waals surface area (Å²) in [6.45, 7) is 0.104. The van der Waals surface area contributed by atoms with E-state index in [1.165, 1.54) is 24.0 Å². The van der Waals surface area contributed by atoms with E-state index in [4.69, 9.17) is 38.0 Å². The molecule has 1 aliphatic heterocycles. The predicted octanol–water partition coefficient (Wildman–Crippen LogP) is 6.60. The summed E-state index contributed by atoms with van der Waals surface area (Å²) in [4.78, 5) is 28.5. The van der Waals surface area contributed by atoms with Crippen molar-refractivity contribution in [3.8, 4) is 11.5 Å². The molecule has 1 aliphatic rings. The van der Waals surface area contributed by atoms with Crippen LogP contribution in [0, 0.1) is 0 Å². The highest BCUT2D eigenvalue weighted by Gasteiger charge is 2.40. The largest absolute Gasteiger partial charge is 0.493 e. The molecule has 0 spiro atoms. The van der Waals surface area contributed by atoms with Crippen molar-refractivity contribution < 1.29 is 23.8 Å². The molecule has 3 aromatic rings. The Kier molecular flexibility index (Phi) is 9.09. The number of amides is 1. The maximum atomic E-state index is 13.6. The Hall–Kier alpha value is -2.92. The molecule has 38 heavy (non-hydrogen) atoms. The average molecular weight is 681 g/mol. The Bertz CT molecular complexity index is 1410. The van der Waals surface area contributed by atoms with Crippen molar-refractivity contribution in [1.29, 1.82) is 0 Å². The zero-order chi connectivity index (χ0) is 27.4. The number of carbonyl (C=O) groups is 2. The molecule has 0 bridgehead atoms. The number of hydrogen-bond acceptors (Lipinski definition) is 6. The van der Waals surface area contributed by atoms with Crippen LogP contribution >= 0.6 is 55.7 Å². The zero-order valence-electron chi connectivity index (χ0n) is 20.2. The van der Waals surface area contributed by atoms with Crippen LogP contribution in [0.3, 0.4) is 0 Å². The number of esters is 1. The van der Waals surface area contributed by atoms with Crippen LogP contribution < -0.4 is 14.4 Å². The number of thiocarbonyl (C=S) groups is 1. The molecule has 7 nitrogen and oxygen atoms in total. The van der Waals surface area contributed by atoms with Crippen molar-refractivity contribution in [2.45, 2.75) is 6.61 Å². The van der Waals surface area contributed by atoms with Crippen LogP contribution in [-0.2, 0) is 20.9 Å². The molecule has 0 atom stereocenters. The van der Waals surface area contributed by atoms with Gasteiger partial charge >= 0.3 is 5.97 Å². The molecule has 0 radical (unpaired) electrons. The Morgan fingerprint density at radius 1 is 1.03 bits per heavy atom. The fourth-order valence-corrected chi connectivity index (χ4v) is 4.85. The van der Waals surface area contributed by atoms with Crippen molar-refractivity contribution in [3.63, 3.8) is 0 Å². The number of ether oxygens (including phenoxy) is 3. The van der Waals surface area contributed by atoms with Gasteiger partial charge in [0, 0.05) is 14.0 Å². The van der Waals surface area contributed by atoms with Gasteiger partial charge in [0.15, 0.2) is 16.6 Å². The highest BCUT2D eigenvalue weighted by atomic mass is 79.9. The zero-order valence-corrected chi connectivity index (χ0v) is 25.0. The second kappa shape index (κ2) is 12.3. The predicted molar refractivity (Wildman–Crippen MR) is 157 cm³/mol. The number of nitrogens with zero attached hydrogens (tertiary/aromatic N) is 2. The first-order valence-corrected chi connectivity index (χ1v) is 13.5. The molecular formula is C27H21Br2ClN2O5S. The maximum absolute atomic E-state index is 13.6. The average Bonchev–Trinajstić information content (AvgIpc) is 3.13. The molecule has 4 rings (SSSR count). The van der Waals surface area contributed by atoms with Crippen LogP contribution in [0.5, 0.6) is 11.5 Å². The van der Waals surface area contributed by atoms with E-state index in [1.807, 2.05) is 24.3 Å². The van der Waals surface area contributed by atoms with E-state index in [-0.39, 0.29) is 17.4 Å². The first kappa shape index (κ1) is 28.1. The summed E-state index contributed by atoms with van der Waals surface area (Å²) >= 11 is 18.6. The fourth-order valence-electron chi connectivity index (χ4n) is 3.67. The monoisotopic (exact) mass is 678 g/mol. The molecule has 0 N–H and O–H groups in total. The third-order valence-electron chi connectivity index (χ3n) is 5.62.